The zero-order chi connectivity index (χ0) is 20.1. The van der Waals surface area contributed by atoms with E-state index in [0.29, 0.717) is 40.2 Å². The van der Waals surface area contributed by atoms with Crippen LogP contribution in [0.2, 0.25) is 0 Å². The van der Waals surface area contributed by atoms with Crippen molar-refractivity contribution in [1.82, 2.24) is 19.4 Å². The quantitative estimate of drug-likeness (QED) is 0.704. The van der Waals surface area contributed by atoms with Crippen molar-refractivity contribution < 1.29 is 4.79 Å². The molecule has 1 N–H and O–H groups in total. The number of amides is 1. The number of nitrogens with zero attached hydrogens (tertiary/aromatic N) is 3. The Balaban J connectivity index is 2.34. The molecular weight excluding hydrogens is 360 g/mol. The Labute approximate surface area is 165 Å². The van der Waals surface area contributed by atoms with Crippen LogP contribution < -0.4 is 5.56 Å². The van der Waals surface area contributed by atoms with E-state index in [9.17, 15) is 9.59 Å². The predicted octanol–water partition coefficient (Wildman–Crippen LogP) is 3.04. The van der Waals surface area contributed by atoms with Crippen LogP contribution in [0.15, 0.2) is 23.0 Å². The lowest BCUT2D eigenvalue weighted by Crippen LogP contribution is -2.40. The highest BCUT2D eigenvalue weighted by molar-refractivity contribution is 7.71. The Hall–Kier alpha value is -1.99. The highest BCUT2D eigenvalue weighted by Gasteiger charge is 2.18. The van der Waals surface area contributed by atoms with Gasteiger partial charge in [0.05, 0.1) is 10.9 Å². The number of rotatable bonds is 8. The largest absolute Gasteiger partial charge is 0.337 e. The van der Waals surface area contributed by atoms with Gasteiger partial charge in [0.2, 0.25) is 0 Å². The summed E-state index contributed by atoms with van der Waals surface area (Å²) in [5.41, 5.74) is 1.01. The summed E-state index contributed by atoms with van der Waals surface area (Å²) in [6.45, 7) is 12.6. The smallest absolute Gasteiger partial charge is 0.261 e. The molecule has 0 radical (unpaired) electrons. The van der Waals surface area contributed by atoms with E-state index in [1.54, 1.807) is 25.2 Å². The first-order valence-corrected chi connectivity index (χ1v) is 9.93. The van der Waals surface area contributed by atoms with Gasteiger partial charge in [-0.3, -0.25) is 14.2 Å². The van der Waals surface area contributed by atoms with E-state index in [4.69, 9.17) is 12.2 Å². The maximum Gasteiger partial charge on any atom is 0.261 e. The molecule has 0 aliphatic heterocycles. The van der Waals surface area contributed by atoms with Gasteiger partial charge in [-0.05, 0) is 49.4 Å². The van der Waals surface area contributed by atoms with Crippen molar-refractivity contribution >= 4 is 29.0 Å². The van der Waals surface area contributed by atoms with E-state index in [1.807, 2.05) is 4.90 Å². The van der Waals surface area contributed by atoms with Crippen molar-refractivity contribution in [3.8, 4) is 0 Å². The minimum atomic E-state index is -0.159. The van der Waals surface area contributed by atoms with E-state index in [0.717, 1.165) is 19.6 Å². The first-order chi connectivity index (χ1) is 12.8. The maximum atomic E-state index is 13.1. The van der Waals surface area contributed by atoms with Crippen LogP contribution in [0.25, 0.3) is 10.9 Å². The zero-order valence-electron chi connectivity index (χ0n) is 16.9. The van der Waals surface area contributed by atoms with E-state index in [2.05, 4.69) is 37.6 Å². The number of hydrogen-bond acceptors (Lipinski definition) is 4. The molecule has 0 saturated heterocycles. The normalized spacial score (nSPS) is 11.5. The minimum Gasteiger partial charge on any atom is -0.337 e. The molecule has 6 nitrogen and oxygen atoms in total. The second kappa shape index (κ2) is 9.28. The van der Waals surface area contributed by atoms with Crippen molar-refractivity contribution in [3.05, 3.63) is 38.9 Å². The molecule has 0 aliphatic rings. The molecule has 0 spiro atoms. The van der Waals surface area contributed by atoms with Crippen LogP contribution in [0, 0.1) is 10.7 Å². The fourth-order valence-corrected chi connectivity index (χ4v) is 3.33. The lowest BCUT2D eigenvalue weighted by molar-refractivity contribution is 0.0716. The molecule has 27 heavy (non-hydrogen) atoms. The van der Waals surface area contributed by atoms with Gasteiger partial charge in [-0.2, -0.15) is 0 Å². The van der Waals surface area contributed by atoms with Gasteiger partial charge in [0.15, 0.2) is 4.77 Å². The number of carbonyl (C=O) groups is 1. The topological polar surface area (TPSA) is 61.3 Å². The Morgan fingerprint density at radius 1 is 1.22 bits per heavy atom. The number of hydrogen-bond donors (Lipinski definition) is 1. The van der Waals surface area contributed by atoms with Gasteiger partial charge < -0.3 is 14.8 Å². The summed E-state index contributed by atoms with van der Waals surface area (Å²) in [5.74, 6) is 0.363. The zero-order valence-corrected chi connectivity index (χ0v) is 17.7. The van der Waals surface area contributed by atoms with Crippen LogP contribution >= 0.6 is 12.2 Å². The number of H-pyrrole nitrogens is 1. The molecule has 1 amide bonds. The first kappa shape index (κ1) is 21.3. The SMILES string of the molecule is CCN(CC)CCN(CC(C)C)C(=O)c1ccc2c(=O)n(C)c(=S)[nH]c2c1. The third kappa shape index (κ3) is 5.05. The number of likely N-dealkylation sites (N-methyl/N-ethyl adjacent to an activating group) is 1. The Morgan fingerprint density at radius 3 is 2.48 bits per heavy atom. The summed E-state index contributed by atoms with van der Waals surface area (Å²) in [7, 11) is 1.64. The molecule has 0 atom stereocenters. The Bertz CT molecular complexity index is 912. The number of aromatic amines is 1. The van der Waals surface area contributed by atoms with Gasteiger partial charge >= 0.3 is 0 Å². The molecule has 7 heteroatoms. The number of nitrogens with one attached hydrogen (secondary N) is 1. The van der Waals surface area contributed by atoms with Gasteiger partial charge in [-0.1, -0.05) is 27.7 Å². The lowest BCUT2D eigenvalue weighted by Gasteiger charge is -2.28. The molecule has 0 saturated carbocycles. The summed E-state index contributed by atoms with van der Waals surface area (Å²) < 4.78 is 1.74. The Kier molecular flexibility index (Phi) is 7.33. The van der Waals surface area contributed by atoms with Crippen molar-refractivity contribution in [2.45, 2.75) is 27.7 Å². The van der Waals surface area contributed by atoms with Gasteiger partial charge in [-0.15, -0.1) is 0 Å². The minimum absolute atomic E-state index is 0.0160. The number of benzene rings is 1. The molecule has 0 unspecified atom stereocenters. The maximum absolute atomic E-state index is 13.1. The van der Waals surface area contributed by atoms with E-state index in [-0.39, 0.29) is 11.5 Å². The molecule has 1 aromatic heterocycles. The average Bonchev–Trinajstić information content (AvgIpc) is 2.64. The molecule has 1 aromatic carbocycles. The number of fused-ring (bicyclic) bond motifs is 1. The van der Waals surface area contributed by atoms with Crippen molar-refractivity contribution in [1.29, 1.82) is 0 Å². The lowest BCUT2D eigenvalue weighted by atomic mass is 10.1. The monoisotopic (exact) mass is 390 g/mol. The van der Waals surface area contributed by atoms with Gasteiger partial charge in [0.1, 0.15) is 0 Å². The number of aromatic nitrogens is 2. The molecule has 0 bridgehead atoms. The standard InChI is InChI=1S/C20H30N4O2S/c1-6-23(7-2)10-11-24(13-14(3)4)18(25)15-8-9-16-17(12-15)21-20(27)22(5)19(16)26/h8-9,12,14H,6-7,10-11,13H2,1-5H3,(H,21,27). The molecule has 1 heterocycles. The fourth-order valence-electron chi connectivity index (χ4n) is 3.14. The summed E-state index contributed by atoms with van der Waals surface area (Å²) in [5, 5.41) is 0.529. The third-order valence-corrected chi connectivity index (χ3v) is 5.18. The van der Waals surface area contributed by atoms with Crippen LogP contribution in [0.3, 0.4) is 0 Å². The highest BCUT2D eigenvalue weighted by Crippen LogP contribution is 2.14. The van der Waals surface area contributed by atoms with E-state index < -0.39 is 0 Å². The van der Waals surface area contributed by atoms with E-state index >= 15 is 0 Å². The van der Waals surface area contributed by atoms with Crippen molar-refractivity contribution in [2.75, 3.05) is 32.7 Å². The van der Waals surface area contributed by atoms with Gasteiger partial charge in [0.25, 0.3) is 11.5 Å². The summed E-state index contributed by atoms with van der Waals surface area (Å²) in [6.07, 6.45) is 0. The fraction of sp³-hybridized carbons (Fsp3) is 0.550. The highest BCUT2D eigenvalue weighted by atomic mass is 32.1. The first-order valence-electron chi connectivity index (χ1n) is 9.53. The third-order valence-electron chi connectivity index (χ3n) is 4.80. The molecular formula is C20H30N4O2S. The van der Waals surface area contributed by atoms with Crippen LogP contribution in [0.5, 0.6) is 0 Å². The van der Waals surface area contributed by atoms with Crippen LogP contribution in [-0.4, -0.2) is 58.0 Å². The summed E-state index contributed by atoms with van der Waals surface area (Å²) in [4.78, 5) is 32.7. The van der Waals surface area contributed by atoms with Crippen LogP contribution in [-0.2, 0) is 7.05 Å². The second-order valence-corrected chi connectivity index (χ2v) is 7.61. The van der Waals surface area contributed by atoms with Gasteiger partial charge in [-0.25, -0.2) is 0 Å². The summed E-state index contributed by atoms with van der Waals surface area (Å²) in [6, 6.07) is 5.17. The van der Waals surface area contributed by atoms with E-state index in [1.165, 1.54) is 4.57 Å². The molecule has 0 aliphatic carbocycles. The molecule has 0 fully saturated rings. The second-order valence-electron chi connectivity index (χ2n) is 7.23. The predicted molar refractivity (Wildman–Crippen MR) is 113 cm³/mol. The van der Waals surface area contributed by atoms with Crippen LogP contribution in [0.4, 0.5) is 0 Å². The molecule has 2 rings (SSSR count). The van der Waals surface area contributed by atoms with Gasteiger partial charge in [0, 0.05) is 32.2 Å². The van der Waals surface area contributed by atoms with Crippen molar-refractivity contribution in [2.24, 2.45) is 13.0 Å². The Morgan fingerprint density at radius 2 is 1.89 bits per heavy atom. The van der Waals surface area contributed by atoms with Crippen molar-refractivity contribution in [3.63, 3.8) is 0 Å². The average molecular weight is 391 g/mol. The molecule has 148 valence electrons. The van der Waals surface area contributed by atoms with Crippen LogP contribution in [0.1, 0.15) is 38.1 Å². The summed E-state index contributed by atoms with van der Waals surface area (Å²) >= 11 is 5.19. The molecule has 2 aromatic rings. The number of carbonyl (C=O) groups excluding carboxylic acids is 1.